The Labute approximate surface area is 138 Å². The van der Waals surface area contributed by atoms with Crippen LogP contribution < -0.4 is 4.72 Å². The van der Waals surface area contributed by atoms with Gasteiger partial charge in [0.1, 0.15) is 0 Å². The lowest BCUT2D eigenvalue weighted by atomic mass is 10.0. The van der Waals surface area contributed by atoms with E-state index in [0.29, 0.717) is 9.50 Å². The smallest absolute Gasteiger partial charge is 0.207 e. The molecule has 0 heterocycles. The number of sulfonamides is 1. The maximum atomic E-state index is 12.4. The van der Waals surface area contributed by atoms with Crippen LogP contribution in [0.15, 0.2) is 51.8 Å². The van der Waals surface area contributed by atoms with E-state index in [-0.39, 0.29) is 10.9 Å². The van der Waals surface area contributed by atoms with Crippen molar-refractivity contribution in [2.75, 3.05) is 0 Å². The minimum absolute atomic E-state index is 0.180. The first kappa shape index (κ1) is 16.5. The molecule has 0 bridgehead atoms. The van der Waals surface area contributed by atoms with Gasteiger partial charge in [0.05, 0.1) is 9.92 Å². The number of hydrogen-bond donors (Lipinski definition) is 1. The molecule has 0 spiro atoms. The summed E-state index contributed by atoms with van der Waals surface area (Å²) in [5.41, 5.74) is 2.00. The van der Waals surface area contributed by atoms with Crippen molar-refractivity contribution in [2.45, 2.75) is 24.8 Å². The Morgan fingerprint density at radius 1 is 1.19 bits per heavy atom. The summed E-state index contributed by atoms with van der Waals surface area (Å²) < 4.78 is 28.1. The summed E-state index contributed by atoms with van der Waals surface area (Å²) in [6, 6.07) is 11.9. The maximum absolute atomic E-state index is 12.4. The summed E-state index contributed by atoms with van der Waals surface area (Å²) in [7, 11) is -3.60. The highest BCUT2D eigenvalue weighted by atomic mass is 79.9. The largest absolute Gasteiger partial charge is 0.241 e. The number of benzene rings is 2. The van der Waals surface area contributed by atoms with E-state index in [1.165, 1.54) is 12.1 Å². The van der Waals surface area contributed by atoms with Crippen LogP contribution in [-0.2, 0) is 10.0 Å². The summed E-state index contributed by atoms with van der Waals surface area (Å²) in [6.45, 7) is 3.78. The molecule has 3 nitrogen and oxygen atoms in total. The lowest BCUT2D eigenvalue weighted by Gasteiger charge is -2.17. The Hall–Kier alpha value is -0.880. The van der Waals surface area contributed by atoms with Gasteiger partial charge in [-0.3, -0.25) is 0 Å². The van der Waals surface area contributed by atoms with Crippen molar-refractivity contribution in [3.05, 3.63) is 63.1 Å². The van der Waals surface area contributed by atoms with E-state index in [1.54, 1.807) is 6.07 Å². The second kappa shape index (κ2) is 6.48. The van der Waals surface area contributed by atoms with Crippen LogP contribution in [0.2, 0.25) is 5.02 Å². The molecule has 0 aliphatic rings. The van der Waals surface area contributed by atoms with E-state index in [0.717, 1.165) is 11.1 Å². The van der Waals surface area contributed by atoms with Gasteiger partial charge in [0.15, 0.2) is 0 Å². The monoisotopic (exact) mass is 387 g/mol. The minimum Gasteiger partial charge on any atom is -0.207 e. The highest BCUT2D eigenvalue weighted by molar-refractivity contribution is 9.10. The van der Waals surface area contributed by atoms with E-state index in [9.17, 15) is 8.42 Å². The zero-order chi connectivity index (χ0) is 15.6. The van der Waals surface area contributed by atoms with Crippen LogP contribution in [0.4, 0.5) is 0 Å². The molecule has 0 amide bonds. The van der Waals surface area contributed by atoms with Gasteiger partial charge in [0, 0.05) is 10.5 Å². The number of hydrogen-bond acceptors (Lipinski definition) is 2. The van der Waals surface area contributed by atoms with Gasteiger partial charge in [-0.1, -0.05) is 35.9 Å². The Morgan fingerprint density at radius 2 is 1.86 bits per heavy atom. The normalized spacial score (nSPS) is 13.1. The third-order valence-electron chi connectivity index (χ3n) is 3.19. The fraction of sp³-hybridized carbons (Fsp3) is 0.200. The van der Waals surface area contributed by atoms with E-state index >= 15 is 0 Å². The van der Waals surface area contributed by atoms with E-state index in [2.05, 4.69) is 20.7 Å². The van der Waals surface area contributed by atoms with Crippen molar-refractivity contribution in [1.29, 1.82) is 0 Å². The quantitative estimate of drug-likeness (QED) is 0.841. The molecular formula is C15H15BrClNO2S. The van der Waals surface area contributed by atoms with Crippen molar-refractivity contribution < 1.29 is 8.42 Å². The summed E-state index contributed by atoms with van der Waals surface area (Å²) in [5, 5.41) is 0.473. The standard InChI is InChI=1S/C15H15BrClNO2S/c1-10-5-3-4-6-13(10)11(2)18-21(19,20)12-7-8-15(17)14(16)9-12/h3-9,11,18H,1-2H3. The van der Waals surface area contributed by atoms with Gasteiger partial charge in [-0.2, -0.15) is 0 Å². The van der Waals surface area contributed by atoms with E-state index in [1.807, 2.05) is 38.1 Å². The highest BCUT2D eigenvalue weighted by Gasteiger charge is 2.20. The highest BCUT2D eigenvalue weighted by Crippen LogP contribution is 2.26. The predicted molar refractivity (Wildman–Crippen MR) is 89.1 cm³/mol. The van der Waals surface area contributed by atoms with Crippen LogP contribution in [0.3, 0.4) is 0 Å². The summed E-state index contributed by atoms with van der Waals surface area (Å²) in [5.74, 6) is 0. The second-order valence-electron chi connectivity index (χ2n) is 4.78. The van der Waals surface area contributed by atoms with Gasteiger partial charge in [0.2, 0.25) is 10.0 Å². The van der Waals surface area contributed by atoms with Crippen molar-refractivity contribution in [3.8, 4) is 0 Å². The van der Waals surface area contributed by atoms with Gasteiger partial charge in [-0.15, -0.1) is 0 Å². The van der Waals surface area contributed by atoms with Crippen molar-refractivity contribution >= 4 is 37.6 Å². The molecule has 0 saturated carbocycles. The minimum atomic E-state index is -3.60. The zero-order valence-corrected chi connectivity index (χ0v) is 14.8. The maximum Gasteiger partial charge on any atom is 0.241 e. The summed E-state index contributed by atoms with van der Waals surface area (Å²) in [6.07, 6.45) is 0. The first-order valence-electron chi connectivity index (χ1n) is 6.34. The lowest BCUT2D eigenvalue weighted by Crippen LogP contribution is -2.27. The van der Waals surface area contributed by atoms with E-state index in [4.69, 9.17) is 11.6 Å². The molecule has 0 fully saturated rings. The third-order valence-corrected chi connectivity index (χ3v) is 5.94. The molecule has 2 rings (SSSR count). The Kier molecular flexibility index (Phi) is 5.09. The van der Waals surface area contributed by atoms with Crippen LogP contribution in [-0.4, -0.2) is 8.42 Å². The third kappa shape index (κ3) is 3.86. The average Bonchev–Trinajstić information content (AvgIpc) is 2.41. The predicted octanol–water partition coefficient (Wildman–Crippen LogP) is 4.45. The molecule has 0 saturated heterocycles. The molecule has 2 aromatic carbocycles. The lowest BCUT2D eigenvalue weighted by molar-refractivity contribution is 0.566. The second-order valence-corrected chi connectivity index (χ2v) is 7.75. The van der Waals surface area contributed by atoms with Crippen molar-refractivity contribution in [1.82, 2.24) is 4.72 Å². The van der Waals surface area contributed by atoms with Gasteiger partial charge < -0.3 is 0 Å². The first-order chi connectivity index (χ1) is 9.81. The van der Waals surface area contributed by atoms with Crippen molar-refractivity contribution in [2.24, 2.45) is 0 Å². The molecule has 2 aromatic rings. The Balaban J connectivity index is 2.29. The van der Waals surface area contributed by atoms with Crippen molar-refractivity contribution in [3.63, 3.8) is 0 Å². The van der Waals surface area contributed by atoms with Crippen LogP contribution >= 0.6 is 27.5 Å². The molecule has 112 valence electrons. The fourth-order valence-corrected chi connectivity index (χ4v) is 3.98. The Morgan fingerprint density at radius 3 is 2.48 bits per heavy atom. The molecule has 0 radical (unpaired) electrons. The molecule has 1 unspecified atom stereocenters. The molecule has 0 aromatic heterocycles. The number of halogens is 2. The van der Waals surface area contributed by atoms with Crippen LogP contribution in [0, 0.1) is 6.92 Å². The van der Waals surface area contributed by atoms with Gasteiger partial charge in [-0.25, -0.2) is 13.1 Å². The molecule has 1 atom stereocenters. The van der Waals surface area contributed by atoms with Gasteiger partial charge in [-0.05, 0) is 59.1 Å². The van der Waals surface area contributed by atoms with Crippen LogP contribution in [0.1, 0.15) is 24.1 Å². The average molecular weight is 389 g/mol. The first-order valence-corrected chi connectivity index (χ1v) is 8.99. The topological polar surface area (TPSA) is 46.2 Å². The number of rotatable bonds is 4. The molecule has 1 N–H and O–H groups in total. The molecule has 21 heavy (non-hydrogen) atoms. The van der Waals surface area contributed by atoms with E-state index < -0.39 is 10.0 Å². The fourth-order valence-electron chi connectivity index (χ4n) is 2.08. The summed E-state index contributed by atoms with van der Waals surface area (Å²) in [4.78, 5) is 0.180. The van der Waals surface area contributed by atoms with Crippen LogP contribution in [0.25, 0.3) is 0 Å². The molecule has 6 heteroatoms. The SMILES string of the molecule is Cc1ccccc1C(C)NS(=O)(=O)c1ccc(Cl)c(Br)c1. The molecular weight excluding hydrogens is 374 g/mol. The Bertz CT molecular complexity index is 762. The zero-order valence-electron chi connectivity index (χ0n) is 11.6. The molecule has 0 aliphatic carbocycles. The van der Waals surface area contributed by atoms with Gasteiger partial charge in [0.25, 0.3) is 0 Å². The molecule has 0 aliphatic heterocycles. The summed E-state index contributed by atoms with van der Waals surface area (Å²) >= 11 is 9.13. The van der Waals surface area contributed by atoms with Crippen LogP contribution in [0.5, 0.6) is 0 Å². The van der Waals surface area contributed by atoms with Gasteiger partial charge >= 0.3 is 0 Å². The number of aryl methyl sites for hydroxylation is 1. The number of nitrogens with one attached hydrogen (secondary N) is 1.